The number of nitrogens with zero attached hydrogens (tertiary/aromatic N) is 1. The van der Waals surface area contributed by atoms with E-state index in [0.29, 0.717) is 12.3 Å². The van der Waals surface area contributed by atoms with Gasteiger partial charge in [-0.2, -0.15) is 0 Å². The van der Waals surface area contributed by atoms with Gasteiger partial charge in [-0.1, -0.05) is 12.1 Å². The number of nitrogens with one attached hydrogen (secondary N) is 1. The zero-order valence-corrected chi connectivity index (χ0v) is 14.5. The fourth-order valence-electron chi connectivity index (χ4n) is 2.84. The third-order valence-corrected chi connectivity index (χ3v) is 5.53. The Morgan fingerprint density at radius 1 is 1.41 bits per heavy atom. The van der Waals surface area contributed by atoms with Crippen molar-refractivity contribution in [2.75, 3.05) is 26.4 Å². The first-order valence-corrected chi connectivity index (χ1v) is 9.44. The number of carbonyl (C=O) groups is 1. The van der Waals surface area contributed by atoms with E-state index in [4.69, 9.17) is 0 Å². The summed E-state index contributed by atoms with van der Waals surface area (Å²) >= 11 is 0. The van der Waals surface area contributed by atoms with Crippen LogP contribution in [0, 0.1) is 5.92 Å². The highest BCUT2D eigenvalue weighted by Crippen LogP contribution is 2.22. The van der Waals surface area contributed by atoms with E-state index in [0.717, 1.165) is 30.0 Å². The van der Waals surface area contributed by atoms with Crippen molar-refractivity contribution in [2.45, 2.75) is 37.1 Å². The van der Waals surface area contributed by atoms with E-state index in [1.165, 1.54) is 6.42 Å². The van der Waals surface area contributed by atoms with Gasteiger partial charge in [-0.05, 0) is 56.5 Å². The molecule has 1 saturated heterocycles. The monoisotopic (exact) mass is 322 g/mol. The molecular formula is C17H26N2O2S. The van der Waals surface area contributed by atoms with Crippen molar-refractivity contribution in [3.63, 3.8) is 0 Å². The smallest absolute Gasteiger partial charge is 0.222 e. The molecule has 0 bridgehead atoms. The average molecular weight is 322 g/mol. The molecule has 1 heterocycles. The Bertz CT molecular complexity index is 524. The van der Waals surface area contributed by atoms with Gasteiger partial charge >= 0.3 is 0 Å². The number of carbonyl (C=O) groups excluding carboxylic acids is 1. The van der Waals surface area contributed by atoms with Crippen molar-refractivity contribution in [3.05, 3.63) is 29.8 Å². The van der Waals surface area contributed by atoms with Gasteiger partial charge in [0.2, 0.25) is 5.91 Å². The number of amides is 1. The van der Waals surface area contributed by atoms with E-state index >= 15 is 0 Å². The van der Waals surface area contributed by atoms with Gasteiger partial charge in [0.25, 0.3) is 0 Å². The molecule has 0 aromatic heterocycles. The molecule has 0 saturated carbocycles. The summed E-state index contributed by atoms with van der Waals surface area (Å²) in [6.45, 7) is 4.16. The summed E-state index contributed by atoms with van der Waals surface area (Å²) in [6, 6.07) is 7.72. The quantitative estimate of drug-likeness (QED) is 0.874. The summed E-state index contributed by atoms with van der Waals surface area (Å²) in [7, 11) is 0.906. The van der Waals surface area contributed by atoms with E-state index in [9.17, 15) is 9.00 Å². The molecule has 1 amide bonds. The summed E-state index contributed by atoms with van der Waals surface area (Å²) in [5, 5.41) is 3.34. The second-order valence-electron chi connectivity index (χ2n) is 6.10. The van der Waals surface area contributed by atoms with Crippen molar-refractivity contribution >= 4 is 16.7 Å². The standard InChI is InChI=1S/C17H26N2O2S/c1-13(15-5-7-16(8-6-15)22(3)21)19(2)17(20)9-4-14-10-11-18-12-14/h5-8,13-14,18H,4,9-12H2,1-3H3. The topological polar surface area (TPSA) is 49.4 Å². The Labute approximate surface area is 135 Å². The third-order valence-electron chi connectivity index (χ3n) is 4.60. The maximum absolute atomic E-state index is 12.3. The van der Waals surface area contributed by atoms with Crippen LogP contribution in [0.2, 0.25) is 0 Å². The molecule has 0 spiro atoms. The van der Waals surface area contributed by atoms with Crippen LogP contribution in [0.15, 0.2) is 29.2 Å². The molecule has 1 aromatic rings. The van der Waals surface area contributed by atoms with Crippen molar-refractivity contribution in [1.82, 2.24) is 10.2 Å². The molecule has 4 nitrogen and oxygen atoms in total. The highest BCUT2D eigenvalue weighted by atomic mass is 32.2. The van der Waals surface area contributed by atoms with Crippen LogP contribution in [-0.2, 0) is 15.6 Å². The lowest BCUT2D eigenvalue weighted by Gasteiger charge is -2.26. The van der Waals surface area contributed by atoms with Gasteiger partial charge in [-0.15, -0.1) is 0 Å². The number of hydrogen-bond donors (Lipinski definition) is 1. The Hall–Kier alpha value is -1.20. The average Bonchev–Trinajstić information content (AvgIpc) is 3.04. The lowest BCUT2D eigenvalue weighted by molar-refractivity contribution is -0.132. The molecule has 3 unspecified atom stereocenters. The van der Waals surface area contributed by atoms with Crippen molar-refractivity contribution in [2.24, 2.45) is 5.92 Å². The minimum atomic E-state index is -0.961. The molecule has 122 valence electrons. The summed E-state index contributed by atoms with van der Waals surface area (Å²) in [6.07, 6.45) is 4.44. The van der Waals surface area contributed by atoms with Gasteiger partial charge in [0.1, 0.15) is 0 Å². The minimum Gasteiger partial charge on any atom is -0.339 e. The Morgan fingerprint density at radius 3 is 2.64 bits per heavy atom. The van der Waals surface area contributed by atoms with Crippen LogP contribution in [0.1, 0.15) is 37.8 Å². The SMILES string of the molecule is CC(c1ccc(S(C)=O)cc1)N(C)C(=O)CCC1CCNC1. The highest BCUT2D eigenvalue weighted by molar-refractivity contribution is 7.84. The van der Waals surface area contributed by atoms with Crippen LogP contribution in [0.25, 0.3) is 0 Å². The molecule has 1 fully saturated rings. The maximum Gasteiger partial charge on any atom is 0.222 e. The third kappa shape index (κ3) is 4.40. The highest BCUT2D eigenvalue weighted by Gasteiger charge is 2.20. The van der Waals surface area contributed by atoms with Crippen molar-refractivity contribution in [3.8, 4) is 0 Å². The van der Waals surface area contributed by atoms with Crippen molar-refractivity contribution < 1.29 is 9.00 Å². The Balaban J connectivity index is 1.90. The van der Waals surface area contributed by atoms with Crippen LogP contribution >= 0.6 is 0 Å². The second-order valence-corrected chi connectivity index (χ2v) is 7.48. The van der Waals surface area contributed by atoms with Crippen LogP contribution < -0.4 is 5.32 Å². The van der Waals surface area contributed by atoms with Crippen molar-refractivity contribution in [1.29, 1.82) is 0 Å². The molecule has 0 radical (unpaired) electrons. The maximum atomic E-state index is 12.3. The molecule has 0 aliphatic carbocycles. The largest absolute Gasteiger partial charge is 0.339 e. The van der Waals surface area contributed by atoms with Gasteiger partial charge in [-0.25, -0.2) is 0 Å². The number of rotatable bonds is 6. The van der Waals surface area contributed by atoms with Gasteiger partial charge in [0.05, 0.1) is 6.04 Å². The van der Waals surface area contributed by atoms with Crippen LogP contribution in [-0.4, -0.2) is 41.4 Å². The number of hydrogen-bond acceptors (Lipinski definition) is 3. The van der Waals surface area contributed by atoms with E-state index in [1.54, 1.807) is 6.26 Å². The molecule has 1 aliphatic heterocycles. The molecule has 3 atom stereocenters. The van der Waals surface area contributed by atoms with Crippen LogP contribution in [0.3, 0.4) is 0 Å². The first-order valence-electron chi connectivity index (χ1n) is 7.88. The molecule has 1 N–H and O–H groups in total. The van der Waals surface area contributed by atoms with E-state index in [-0.39, 0.29) is 11.9 Å². The zero-order chi connectivity index (χ0) is 16.1. The lowest BCUT2D eigenvalue weighted by atomic mass is 10.0. The fraction of sp³-hybridized carbons (Fsp3) is 0.588. The van der Waals surface area contributed by atoms with Crippen LogP contribution in [0.4, 0.5) is 0 Å². The first kappa shape index (κ1) is 17.2. The molecule has 1 aliphatic rings. The van der Waals surface area contributed by atoms with Gasteiger partial charge in [0.15, 0.2) is 0 Å². The predicted molar refractivity (Wildman–Crippen MR) is 90.2 cm³/mol. The van der Waals surface area contributed by atoms with Crippen LogP contribution in [0.5, 0.6) is 0 Å². The molecule has 2 rings (SSSR count). The molecule has 22 heavy (non-hydrogen) atoms. The molecule has 1 aromatic carbocycles. The molecule has 5 heteroatoms. The second kappa shape index (κ2) is 7.88. The summed E-state index contributed by atoms with van der Waals surface area (Å²) in [5.41, 5.74) is 1.08. The normalized spacial score (nSPS) is 20.6. The first-order chi connectivity index (χ1) is 10.5. The zero-order valence-electron chi connectivity index (χ0n) is 13.7. The fourth-order valence-corrected chi connectivity index (χ4v) is 3.36. The van der Waals surface area contributed by atoms with Gasteiger partial charge < -0.3 is 10.2 Å². The number of benzene rings is 1. The lowest BCUT2D eigenvalue weighted by Crippen LogP contribution is -2.30. The summed E-state index contributed by atoms with van der Waals surface area (Å²) in [4.78, 5) is 15.0. The minimum absolute atomic E-state index is 0.0357. The van der Waals surface area contributed by atoms with Gasteiger partial charge in [-0.3, -0.25) is 9.00 Å². The Kier molecular flexibility index (Phi) is 6.15. The summed E-state index contributed by atoms with van der Waals surface area (Å²) < 4.78 is 11.4. The van der Waals surface area contributed by atoms with E-state index in [2.05, 4.69) is 5.32 Å². The van der Waals surface area contributed by atoms with Gasteiger partial charge in [0, 0.05) is 35.4 Å². The van der Waals surface area contributed by atoms with E-state index < -0.39 is 10.8 Å². The van der Waals surface area contributed by atoms with E-state index in [1.807, 2.05) is 43.1 Å². The Morgan fingerprint density at radius 2 is 2.09 bits per heavy atom. The molecular weight excluding hydrogens is 296 g/mol. The predicted octanol–water partition coefficient (Wildman–Crippen LogP) is 2.33. The summed E-state index contributed by atoms with van der Waals surface area (Å²) in [5.74, 6) is 0.842.